The van der Waals surface area contributed by atoms with Crippen molar-refractivity contribution in [3.63, 3.8) is 0 Å². The summed E-state index contributed by atoms with van der Waals surface area (Å²) in [5, 5.41) is 9.61. The van der Waals surface area contributed by atoms with Crippen molar-refractivity contribution < 1.29 is 19.4 Å². The van der Waals surface area contributed by atoms with E-state index in [2.05, 4.69) is 31.2 Å². The highest BCUT2D eigenvalue weighted by atomic mass is 16.5. The van der Waals surface area contributed by atoms with Crippen molar-refractivity contribution >= 4 is 11.9 Å². The van der Waals surface area contributed by atoms with Crippen molar-refractivity contribution in [1.29, 1.82) is 0 Å². The summed E-state index contributed by atoms with van der Waals surface area (Å²) >= 11 is 0. The van der Waals surface area contributed by atoms with E-state index in [4.69, 9.17) is 4.74 Å². The number of hydrogen-bond donors (Lipinski definition) is 1. The second-order valence-electron chi connectivity index (χ2n) is 7.14. The molecular formula is C20H29NO4. The van der Waals surface area contributed by atoms with E-state index in [0.717, 1.165) is 12.0 Å². The number of methoxy groups -OCH3 is 1. The molecule has 0 radical (unpaired) electrons. The molecule has 5 nitrogen and oxygen atoms in total. The van der Waals surface area contributed by atoms with Crippen LogP contribution in [0.1, 0.15) is 50.2 Å². The van der Waals surface area contributed by atoms with Gasteiger partial charge in [0.25, 0.3) is 0 Å². The largest absolute Gasteiger partial charge is 0.481 e. The summed E-state index contributed by atoms with van der Waals surface area (Å²) in [5.41, 5.74) is 1.45. The topological polar surface area (TPSA) is 66.8 Å². The zero-order valence-electron chi connectivity index (χ0n) is 15.5. The molecule has 138 valence electrons. The molecule has 1 fully saturated rings. The molecule has 2 atom stereocenters. The molecule has 0 bridgehead atoms. The number of ether oxygens (including phenoxy) is 1. The molecule has 1 aromatic rings. The van der Waals surface area contributed by atoms with E-state index < -0.39 is 11.4 Å². The number of hydrogen-bond acceptors (Lipinski definition) is 3. The van der Waals surface area contributed by atoms with Crippen molar-refractivity contribution in [3.05, 3.63) is 35.4 Å². The summed E-state index contributed by atoms with van der Waals surface area (Å²) in [6.07, 6.45) is 2.64. The number of benzene rings is 1. The van der Waals surface area contributed by atoms with E-state index in [-0.39, 0.29) is 25.0 Å². The molecule has 0 aromatic heterocycles. The predicted octanol–water partition coefficient (Wildman–Crippen LogP) is 3.08. The molecule has 1 heterocycles. The van der Waals surface area contributed by atoms with Crippen LogP contribution in [0.25, 0.3) is 0 Å². The number of likely N-dealkylation sites (tertiary alicyclic amines) is 1. The van der Waals surface area contributed by atoms with Crippen molar-refractivity contribution in [2.45, 2.75) is 45.4 Å². The SMILES string of the molecule is CCc1ccc(C(C)CC(=O)N2CCCC(COC)(C(=O)O)C2)cc1. The lowest BCUT2D eigenvalue weighted by atomic mass is 9.80. The average Bonchev–Trinajstić information content (AvgIpc) is 2.62. The lowest BCUT2D eigenvalue weighted by Crippen LogP contribution is -2.52. The van der Waals surface area contributed by atoms with Gasteiger partial charge in [-0.2, -0.15) is 0 Å². The first kappa shape index (κ1) is 19.4. The van der Waals surface area contributed by atoms with Gasteiger partial charge in [-0.25, -0.2) is 0 Å². The van der Waals surface area contributed by atoms with Crippen LogP contribution in [0.4, 0.5) is 0 Å². The number of carbonyl (C=O) groups excluding carboxylic acids is 1. The molecule has 1 N–H and O–H groups in total. The zero-order chi connectivity index (χ0) is 18.4. The Morgan fingerprint density at radius 2 is 2.00 bits per heavy atom. The van der Waals surface area contributed by atoms with Crippen molar-refractivity contribution in [1.82, 2.24) is 4.90 Å². The molecule has 1 amide bonds. The smallest absolute Gasteiger partial charge is 0.313 e. The van der Waals surface area contributed by atoms with Gasteiger partial charge >= 0.3 is 5.97 Å². The fourth-order valence-electron chi connectivity index (χ4n) is 3.57. The van der Waals surface area contributed by atoms with Gasteiger partial charge in [-0.05, 0) is 36.3 Å². The van der Waals surface area contributed by atoms with Crippen LogP contribution in [-0.4, -0.2) is 48.7 Å². The summed E-state index contributed by atoms with van der Waals surface area (Å²) in [5.74, 6) is -0.745. The Morgan fingerprint density at radius 1 is 1.32 bits per heavy atom. The summed E-state index contributed by atoms with van der Waals surface area (Å²) in [6, 6.07) is 8.37. The van der Waals surface area contributed by atoms with E-state index >= 15 is 0 Å². The number of amides is 1. The van der Waals surface area contributed by atoms with Crippen molar-refractivity contribution in [2.24, 2.45) is 5.41 Å². The van der Waals surface area contributed by atoms with Crippen LogP contribution in [0.15, 0.2) is 24.3 Å². The summed E-state index contributed by atoms with van der Waals surface area (Å²) in [6.45, 7) is 5.16. The number of piperidine rings is 1. The second-order valence-corrected chi connectivity index (χ2v) is 7.14. The van der Waals surface area contributed by atoms with E-state index in [9.17, 15) is 14.7 Å². The first-order chi connectivity index (χ1) is 11.9. The number of rotatable bonds is 7. The maximum Gasteiger partial charge on any atom is 0.313 e. The molecule has 1 aromatic carbocycles. The number of carboxylic acid groups (broad SMARTS) is 1. The van der Waals surface area contributed by atoms with Crippen LogP contribution in [0.3, 0.4) is 0 Å². The minimum Gasteiger partial charge on any atom is -0.481 e. The second kappa shape index (κ2) is 8.48. The summed E-state index contributed by atoms with van der Waals surface area (Å²) < 4.78 is 5.13. The Balaban J connectivity index is 2.02. The Morgan fingerprint density at radius 3 is 2.56 bits per heavy atom. The zero-order valence-corrected chi connectivity index (χ0v) is 15.5. The lowest BCUT2D eigenvalue weighted by molar-refractivity contribution is -0.159. The molecule has 0 saturated carbocycles. The first-order valence-corrected chi connectivity index (χ1v) is 9.01. The van der Waals surface area contributed by atoms with Crippen LogP contribution in [0, 0.1) is 5.41 Å². The number of nitrogens with zero attached hydrogens (tertiary/aromatic N) is 1. The van der Waals surface area contributed by atoms with Crippen molar-refractivity contribution in [3.8, 4) is 0 Å². The monoisotopic (exact) mass is 347 g/mol. The Hall–Kier alpha value is -1.88. The van der Waals surface area contributed by atoms with Crippen LogP contribution < -0.4 is 0 Å². The van der Waals surface area contributed by atoms with Gasteiger partial charge in [0.1, 0.15) is 5.41 Å². The molecule has 5 heteroatoms. The van der Waals surface area contributed by atoms with Crippen LogP contribution >= 0.6 is 0 Å². The van der Waals surface area contributed by atoms with Crippen LogP contribution in [0.2, 0.25) is 0 Å². The molecule has 0 aliphatic carbocycles. The van der Waals surface area contributed by atoms with Gasteiger partial charge in [0.15, 0.2) is 0 Å². The van der Waals surface area contributed by atoms with Gasteiger partial charge in [0.05, 0.1) is 6.61 Å². The van der Waals surface area contributed by atoms with Crippen LogP contribution in [0.5, 0.6) is 0 Å². The standard InChI is InChI=1S/C20H29NO4/c1-4-16-6-8-17(9-7-16)15(2)12-18(22)21-11-5-10-20(13-21,14-25-3)19(23)24/h6-9,15H,4-5,10-14H2,1-3H3,(H,23,24). The fourth-order valence-corrected chi connectivity index (χ4v) is 3.57. The minimum atomic E-state index is -0.978. The fraction of sp³-hybridized carbons (Fsp3) is 0.600. The highest BCUT2D eigenvalue weighted by molar-refractivity contribution is 5.80. The van der Waals surface area contributed by atoms with E-state index in [0.29, 0.717) is 25.8 Å². The Labute approximate surface area is 150 Å². The third-order valence-electron chi connectivity index (χ3n) is 5.24. The molecule has 25 heavy (non-hydrogen) atoms. The van der Waals surface area contributed by atoms with E-state index in [1.807, 2.05) is 6.92 Å². The van der Waals surface area contributed by atoms with Gasteiger partial charge < -0.3 is 14.7 Å². The van der Waals surface area contributed by atoms with Gasteiger partial charge in [0.2, 0.25) is 5.91 Å². The summed E-state index contributed by atoms with van der Waals surface area (Å²) in [4.78, 5) is 26.1. The van der Waals surface area contributed by atoms with Gasteiger partial charge in [0, 0.05) is 26.6 Å². The van der Waals surface area contributed by atoms with Gasteiger partial charge in [-0.15, -0.1) is 0 Å². The third kappa shape index (κ3) is 4.60. The minimum absolute atomic E-state index is 0.0218. The maximum atomic E-state index is 12.7. The number of carboxylic acids is 1. The highest BCUT2D eigenvalue weighted by Crippen LogP contribution is 2.32. The predicted molar refractivity (Wildman–Crippen MR) is 96.6 cm³/mol. The van der Waals surface area contributed by atoms with E-state index in [1.54, 1.807) is 4.90 Å². The van der Waals surface area contributed by atoms with E-state index in [1.165, 1.54) is 12.7 Å². The quantitative estimate of drug-likeness (QED) is 0.823. The molecule has 1 aliphatic rings. The maximum absolute atomic E-state index is 12.7. The molecule has 1 aliphatic heterocycles. The molecule has 0 spiro atoms. The Kier molecular flexibility index (Phi) is 6.59. The molecular weight excluding hydrogens is 318 g/mol. The lowest BCUT2D eigenvalue weighted by Gasteiger charge is -2.39. The summed E-state index contributed by atoms with van der Waals surface area (Å²) in [7, 11) is 1.51. The van der Waals surface area contributed by atoms with Gasteiger partial charge in [-0.1, -0.05) is 38.1 Å². The Bertz CT molecular complexity index is 594. The molecule has 1 saturated heterocycles. The third-order valence-corrected chi connectivity index (χ3v) is 5.24. The van der Waals surface area contributed by atoms with Crippen molar-refractivity contribution in [2.75, 3.05) is 26.8 Å². The average molecular weight is 347 g/mol. The number of carbonyl (C=O) groups is 2. The molecule has 2 rings (SSSR count). The first-order valence-electron chi connectivity index (χ1n) is 9.01. The number of aliphatic carboxylic acids is 1. The number of aryl methyl sites for hydroxylation is 1. The van der Waals surface area contributed by atoms with Gasteiger partial charge in [-0.3, -0.25) is 9.59 Å². The molecule has 2 unspecified atom stereocenters. The normalized spacial score (nSPS) is 21.8. The highest BCUT2D eigenvalue weighted by Gasteiger charge is 2.43. The van der Waals surface area contributed by atoms with Crippen LogP contribution in [-0.2, 0) is 20.7 Å².